The molecule has 20 rings (SSSR count). The molecule has 0 N–H and O–H groups in total. The van der Waals surface area contributed by atoms with Crippen LogP contribution < -0.4 is 18.9 Å². The highest BCUT2D eigenvalue weighted by molar-refractivity contribution is 5.82. The van der Waals surface area contributed by atoms with Crippen molar-refractivity contribution in [2.24, 2.45) is 11.8 Å². The molecule has 4 saturated heterocycles. The molecule has 0 spiro atoms. The Morgan fingerprint density at radius 2 is 0.628 bits per heavy atom. The Bertz CT molecular complexity index is 5640. The van der Waals surface area contributed by atoms with Crippen molar-refractivity contribution >= 4 is 22.3 Å². The maximum atomic E-state index is 15.7. The molecule has 4 fully saturated rings. The van der Waals surface area contributed by atoms with Gasteiger partial charge in [0.1, 0.15) is 77.0 Å². The zero-order valence-corrected chi connectivity index (χ0v) is 84.2. The number of hydrogen-bond acceptors (Lipinski definition) is 12. The van der Waals surface area contributed by atoms with Crippen molar-refractivity contribution in [3.8, 4) is 23.0 Å². The van der Waals surface area contributed by atoms with Gasteiger partial charge >= 0.3 is 0 Å². The van der Waals surface area contributed by atoms with E-state index in [2.05, 4.69) is 216 Å². The fourth-order valence-corrected chi connectivity index (χ4v) is 24.1. The number of nitrogens with zero attached hydrogens (tertiary/aromatic N) is 8. The van der Waals surface area contributed by atoms with Gasteiger partial charge < -0.3 is 18.9 Å². The van der Waals surface area contributed by atoms with Crippen LogP contribution in [0.5, 0.6) is 23.0 Å². The van der Waals surface area contributed by atoms with Gasteiger partial charge in [0.25, 0.3) is 0 Å². The van der Waals surface area contributed by atoms with Gasteiger partial charge in [0.2, 0.25) is 0 Å². The summed E-state index contributed by atoms with van der Waals surface area (Å²) in [5.74, 6) is 2.38. The van der Waals surface area contributed by atoms with E-state index in [1.165, 1.54) is 136 Å². The Morgan fingerprint density at radius 1 is 0.321 bits per heavy atom. The number of rotatable bonds is 30. The third-order valence-electron chi connectivity index (χ3n) is 30.7. The normalized spacial score (nSPS) is 23.5. The average Bonchev–Trinajstić information content (AvgIpc) is 1.62. The molecule has 0 bridgehead atoms. The minimum absolute atomic E-state index is 0.00742. The monoisotopic (exact) mass is 1880 g/mol. The van der Waals surface area contributed by atoms with Crippen LogP contribution in [0.3, 0.4) is 0 Å². The first-order valence-electron chi connectivity index (χ1n) is 51.5. The number of ether oxygens (including phenoxy) is 4. The first-order chi connectivity index (χ1) is 65.5. The lowest BCUT2D eigenvalue weighted by atomic mass is 9.84. The van der Waals surface area contributed by atoms with Crippen LogP contribution in [-0.4, -0.2) is 216 Å². The molecule has 8 aliphatic heterocycles. The second kappa shape index (κ2) is 42.1. The number of alkyl halides is 4. The van der Waals surface area contributed by atoms with E-state index in [9.17, 15) is 17.6 Å². The Morgan fingerprint density at radius 3 is 0.971 bits per heavy atom. The van der Waals surface area contributed by atoms with Crippen molar-refractivity contribution in [2.75, 3.05) is 118 Å². The molecule has 137 heavy (non-hydrogen) atoms. The highest BCUT2D eigenvalue weighted by Gasteiger charge is 2.48. The van der Waals surface area contributed by atoms with Crippen molar-refractivity contribution in [3.63, 3.8) is 0 Å². The summed E-state index contributed by atoms with van der Waals surface area (Å²) in [5, 5.41) is 0. The first kappa shape index (κ1) is 99.7. The Kier molecular flexibility index (Phi) is 30.6. The van der Waals surface area contributed by atoms with Gasteiger partial charge in [-0.25, -0.2) is 30.7 Å². The van der Waals surface area contributed by atoms with Gasteiger partial charge in [-0.05, 0) is 314 Å². The van der Waals surface area contributed by atoms with Gasteiger partial charge in [-0.15, -0.1) is 0 Å². The molecule has 19 heteroatoms. The van der Waals surface area contributed by atoms with Gasteiger partial charge in [0.15, 0.2) is 11.6 Å². The molecule has 0 saturated carbocycles. The number of halogens is 7. The fourth-order valence-electron chi connectivity index (χ4n) is 24.1. The highest BCUT2D eigenvalue weighted by Crippen LogP contribution is 2.56. The van der Waals surface area contributed by atoms with Crippen LogP contribution in [0.2, 0.25) is 0 Å². The average molecular weight is 1880 g/mol. The van der Waals surface area contributed by atoms with Crippen LogP contribution in [0.4, 0.5) is 30.7 Å². The van der Waals surface area contributed by atoms with Crippen molar-refractivity contribution in [2.45, 2.75) is 271 Å². The number of fused-ring (bicyclic) bond motifs is 8. The molecule has 0 unspecified atom stereocenters. The number of likely N-dealkylation sites (tertiary alicyclic amines) is 4. The maximum Gasteiger partial charge on any atom is 0.165 e. The van der Waals surface area contributed by atoms with E-state index in [4.69, 9.17) is 18.9 Å². The van der Waals surface area contributed by atoms with Crippen LogP contribution in [-0.2, 0) is 25.7 Å². The molecule has 734 valence electrons. The third-order valence-corrected chi connectivity index (χ3v) is 30.7. The predicted molar refractivity (Wildman–Crippen MR) is 542 cm³/mol. The summed E-state index contributed by atoms with van der Waals surface area (Å²) >= 11 is 0. The summed E-state index contributed by atoms with van der Waals surface area (Å²) in [5.41, 5.74) is 19.1. The predicted octanol–water partition coefficient (Wildman–Crippen LogP) is 25.1. The topological polar surface area (TPSA) is 62.8 Å². The van der Waals surface area contributed by atoms with Gasteiger partial charge in [0.05, 0.1) is 24.2 Å². The summed E-state index contributed by atoms with van der Waals surface area (Å²) in [7, 11) is 0. The highest BCUT2D eigenvalue weighted by atomic mass is 19.2. The molecular formula is C118H149F7N8O4. The summed E-state index contributed by atoms with van der Waals surface area (Å²) < 4.78 is 130. The third kappa shape index (κ3) is 23.0. The lowest BCUT2D eigenvalue weighted by molar-refractivity contribution is 0.0178. The van der Waals surface area contributed by atoms with Crippen molar-refractivity contribution < 1.29 is 49.7 Å². The number of benzene rings is 8. The standard InChI is InChI=1S/C30H37F3N2O.C30H39FN2O.C29H36F2N2O.C29H37FN2O/c1-5-20-16-34(17-20)10-11-36-22-14-26(31)28(27(32)15-22)29-25-13-21-8-6-7-9-23(21)24(25)12-19(2)35(29)18-30(3,4)33;1-5-22-18-32(19-22)14-15-34-25-12-10-23(11-13-25)29-28-17-24-8-6-7-9-26(24)27(28)16-21(2)33(29)20-30(3,4)31;1-5-12-32-16-22(17-32)34-27-11-10-21(15-26(27)30)28-25-14-20-8-6-7-9-23(20)24(25)13-19(2)33(28)18-29(3,4)31;1-5-14-31-17-24(18-31)33-23-12-10-21(11-13-23)28-27-16-22-8-6-7-9-25(22)26(27)15-20(2)32(28)19-29(3,4)30/h6-9,14-15,19-20,29H,5,10-13,16-18H2,1-4H3;6-13,21-22,29H,5,14-20H2,1-4H3;6-11,15,19,22,28H,5,12-14,16-18H2,1-4H3;6-13,20,24,28H,5,14-19H2,1-4H3/t19-,29+;21-,29-;19-,28-;20-,28-/m1111/s1. The van der Waals surface area contributed by atoms with Crippen molar-refractivity contribution in [3.05, 3.63) is 282 Å². The molecular weight excluding hydrogens is 1730 g/mol. The SMILES string of the molecule is CCC1CN(CCOc2cc(F)c([C@@H]3C4=C(C[C@@H](C)N3CC(C)(C)F)c3ccccc3C4)c(F)c2)C1.CCC1CN(CCOc2ccc([C@@H]3C4=C(C[C@@H](C)N3CC(C)(C)F)c3ccccc3C4)cc2)C1.CCCN1CC(Oc2ccc([C@@H]3C4=C(C[C@@H](C)N3CC(C)(C)F)c3ccccc3C4)cc2)C1.CCCN1CC(Oc2ccc([C@@H]3C4=C(C[C@@H](C)N3CC(C)(C)F)c3ccccc3C4)cc2F)C1. The van der Waals surface area contributed by atoms with E-state index in [-0.39, 0.29) is 72.1 Å². The maximum absolute atomic E-state index is 15.7. The Balaban J connectivity index is 0.000000127. The van der Waals surface area contributed by atoms with E-state index in [0.29, 0.717) is 44.5 Å². The van der Waals surface area contributed by atoms with Crippen molar-refractivity contribution in [1.29, 1.82) is 0 Å². The summed E-state index contributed by atoms with van der Waals surface area (Å²) in [6.07, 6.45) is 12.1. The second-order valence-corrected chi connectivity index (χ2v) is 44.1. The van der Waals surface area contributed by atoms with Gasteiger partial charge in [-0.1, -0.05) is 168 Å². The second-order valence-electron chi connectivity index (χ2n) is 44.1. The van der Waals surface area contributed by atoms with Crippen LogP contribution in [0.25, 0.3) is 22.3 Å². The Labute approximate surface area is 812 Å². The molecule has 0 aromatic heterocycles. The molecule has 8 atom stereocenters. The number of hydrogen-bond donors (Lipinski definition) is 0. The van der Waals surface area contributed by atoms with Crippen LogP contribution in [0.15, 0.2) is 198 Å². The van der Waals surface area contributed by atoms with Crippen molar-refractivity contribution in [1.82, 2.24) is 39.2 Å². The molecule has 8 aromatic rings. The van der Waals surface area contributed by atoms with E-state index in [0.717, 1.165) is 175 Å². The molecule has 0 amide bonds. The Hall–Kier alpha value is -8.89. The van der Waals surface area contributed by atoms with E-state index in [1.807, 2.05) is 30.0 Å². The summed E-state index contributed by atoms with van der Waals surface area (Å²) in [4.78, 5) is 18.5. The van der Waals surface area contributed by atoms with E-state index >= 15 is 13.2 Å². The lowest BCUT2D eigenvalue weighted by Crippen LogP contribution is -2.53. The lowest BCUT2D eigenvalue weighted by Gasteiger charge is -2.44. The first-order valence-corrected chi connectivity index (χ1v) is 51.5. The van der Waals surface area contributed by atoms with Gasteiger partial charge in [0, 0.05) is 133 Å². The van der Waals surface area contributed by atoms with E-state index < -0.39 is 40.4 Å². The fraction of sp³-hybridized carbons (Fsp3) is 0.525. The smallest absolute Gasteiger partial charge is 0.165 e. The quantitative estimate of drug-likeness (QED) is 0.0403. The molecule has 12 nitrogen and oxygen atoms in total. The largest absolute Gasteiger partial charge is 0.492 e. The molecule has 8 aromatic carbocycles. The van der Waals surface area contributed by atoms with Gasteiger partial charge in [-0.2, -0.15) is 0 Å². The molecule has 12 aliphatic rings. The zero-order valence-electron chi connectivity index (χ0n) is 84.2. The van der Waals surface area contributed by atoms with Gasteiger partial charge in [-0.3, -0.25) is 39.2 Å². The molecule has 4 aliphatic carbocycles. The van der Waals surface area contributed by atoms with Crippen LogP contribution in [0, 0.1) is 29.3 Å². The molecule has 8 heterocycles. The van der Waals surface area contributed by atoms with Crippen LogP contribution >= 0.6 is 0 Å². The summed E-state index contributed by atoms with van der Waals surface area (Å²) in [6.45, 7) is 45.2. The minimum atomic E-state index is -1.50. The zero-order chi connectivity index (χ0) is 96.7. The van der Waals surface area contributed by atoms with Crippen LogP contribution in [0.1, 0.15) is 253 Å². The minimum Gasteiger partial charge on any atom is -0.492 e. The van der Waals surface area contributed by atoms with E-state index in [1.54, 1.807) is 53.7 Å². The molecule has 0 radical (unpaired) electrons. The summed E-state index contributed by atoms with van der Waals surface area (Å²) in [6, 6.07) is 59.4.